The average Bonchev–Trinajstić information content (AvgIpc) is 3.07. The van der Waals surface area contributed by atoms with Gasteiger partial charge >= 0.3 is 0 Å². The van der Waals surface area contributed by atoms with Crippen LogP contribution in [0.3, 0.4) is 0 Å². The van der Waals surface area contributed by atoms with E-state index in [1.807, 2.05) is 0 Å². The Balaban J connectivity index is 1.61. The van der Waals surface area contributed by atoms with Gasteiger partial charge in [-0.3, -0.25) is 9.59 Å². The van der Waals surface area contributed by atoms with E-state index < -0.39 is 0 Å². The Morgan fingerprint density at radius 2 is 1.86 bits per heavy atom. The maximum absolute atomic E-state index is 13.4. The number of carbonyl (C=O) groups excluding carboxylic acids is 2. The van der Waals surface area contributed by atoms with Gasteiger partial charge in [0.15, 0.2) is 0 Å². The zero-order chi connectivity index (χ0) is 20.4. The van der Waals surface area contributed by atoms with Crippen molar-refractivity contribution >= 4 is 17.5 Å². The molecule has 0 N–H and O–H groups in total. The Morgan fingerprint density at radius 1 is 1.07 bits per heavy atom. The largest absolute Gasteiger partial charge is 0.497 e. The monoisotopic (exact) mass is 400 g/mol. The summed E-state index contributed by atoms with van der Waals surface area (Å²) >= 11 is 0. The van der Waals surface area contributed by atoms with Crippen LogP contribution < -0.4 is 14.4 Å². The van der Waals surface area contributed by atoms with E-state index in [1.165, 1.54) is 17.7 Å². The second kappa shape index (κ2) is 8.45. The third-order valence-corrected chi connectivity index (χ3v) is 6.12. The highest BCUT2D eigenvalue weighted by atomic mass is 16.5. The minimum Gasteiger partial charge on any atom is -0.497 e. The molecule has 2 amide bonds. The van der Waals surface area contributed by atoms with Crippen LogP contribution in [0.1, 0.15) is 25.7 Å². The third kappa shape index (κ3) is 3.71. The zero-order valence-corrected chi connectivity index (χ0v) is 17.1. The number of hydrogen-bond acceptors (Lipinski definition) is 6. The molecule has 1 aliphatic carbocycles. The first-order chi connectivity index (χ1) is 14.1. The molecule has 0 bridgehead atoms. The third-order valence-electron chi connectivity index (χ3n) is 6.12. The highest BCUT2D eigenvalue weighted by Gasteiger charge is 2.46. The van der Waals surface area contributed by atoms with Gasteiger partial charge in [-0.25, -0.2) is 4.90 Å². The number of nitrogens with zero attached hydrogens (tertiary/aromatic N) is 2. The summed E-state index contributed by atoms with van der Waals surface area (Å²) in [7, 11) is 3.10. The fourth-order valence-electron chi connectivity index (χ4n) is 4.67. The van der Waals surface area contributed by atoms with Crippen LogP contribution in [0.4, 0.5) is 5.69 Å². The quantitative estimate of drug-likeness (QED) is 0.708. The summed E-state index contributed by atoms with van der Waals surface area (Å²) in [5.41, 5.74) is 1.70. The van der Waals surface area contributed by atoms with Gasteiger partial charge in [-0.05, 0) is 31.4 Å². The van der Waals surface area contributed by atoms with Gasteiger partial charge in [0.05, 0.1) is 39.0 Å². The molecule has 156 valence electrons. The number of morpholine rings is 1. The summed E-state index contributed by atoms with van der Waals surface area (Å²) in [5.74, 6) is 0.515. The van der Waals surface area contributed by atoms with E-state index in [4.69, 9.17) is 14.2 Å². The predicted molar refractivity (Wildman–Crippen MR) is 108 cm³/mol. The molecule has 7 heteroatoms. The Morgan fingerprint density at radius 3 is 2.59 bits per heavy atom. The van der Waals surface area contributed by atoms with Crippen LogP contribution in [0.25, 0.3) is 0 Å². The number of rotatable bonds is 5. The minimum atomic E-state index is -0.330. The molecule has 0 unspecified atom stereocenters. The first kappa shape index (κ1) is 19.8. The fraction of sp³-hybridized carbons (Fsp3) is 0.545. The van der Waals surface area contributed by atoms with Gasteiger partial charge in [0.25, 0.3) is 0 Å². The molecule has 0 radical (unpaired) electrons. The standard InChI is InChI=1S/C22H28N2O5/c1-27-15-7-8-19(20(13-15)28-2)24-21(25)14-17(22(24)26)16-5-3-4-6-18(16)23-9-11-29-12-10-23/h6-8,13,16-17H,3-5,9-12,14H2,1-2H3/t16-,17+/m0/s1. The topological polar surface area (TPSA) is 68.3 Å². The molecular weight excluding hydrogens is 372 g/mol. The highest BCUT2D eigenvalue weighted by Crippen LogP contribution is 2.42. The number of imide groups is 1. The highest BCUT2D eigenvalue weighted by molar-refractivity contribution is 6.21. The lowest BCUT2D eigenvalue weighted by atomic mass is 9.80. The number of amides is 2. The van der Waals surface area contributed by atoms with Gasteiger partial charge in [0, 0.05) is 37.2 Å². The van der Waals surface area contributed by atoms with Crippen LogP contribution in [0.15, 0.2) is 30.0 Å². The van der Waals surface area contributed by atoms with Gasteiger partial charge in [0.1, 0.15) is 11.5 Å². The smallest absolute Gasteiger partial charge is 0.238 e. The van der Waals surface area contributed by atoms with Crippen LogP contribution >= 0.6 is 0 Å². The van der Waals surface area contributed by atoms with Crippen LogP contribution in [-0.4, -0.2) is 57.2 Å². The van der Waals surface area contributed by atoms with E-state index in [9.17, 15) is 9.59 Å². The van der Waals surface area contributed by atoms with Gasteiger partial charge in [-0.15, -0.1) is 0 Å². The van der Waals surface area contributed by atoms with E-state index in [-0.39, 0.29) is 30.1 Å². The van der Waals surface area contributed by atoms with Crippen LogP contribution in [0.5, 0.6) is 11.5 Å². The SMILES string of the molecule is COc1ccc(N2C(=O)C[C@H]([C@@H]3CCCC=C3N3CCOCC3)C2=O)c(OC)c1. The molecule has 2 heterocycles. The molecule has 2 aliphatic heterocycles. The Hall–Kier alpha value is -2.54. The van der Waals surface area contributed by atoms with Crippen molar-refractivity contribution in [1.29, 1.82) is 0 Å². The van der Waals surface area contributed by atoms with E-state index in [2.05, 4.69) is 11.0 Å². The number of hydrogen-bond donors (Lipinski definition) is 0. The number of allylic oxidation sites excluding steroid dienone is 2. The lowest BCUT2D eigenvalue weighted by Gasteiger charge is -2.38. The second-order valence-electron chi connectivity index (χ2n) is 7.68. The molecule has 2 fully saturated rings. The lowest BCUT2D eigenvalue weighted by molar-refractivity contribution is -0.123. The molecule has 0 spiro atoms. The van der Waals surface area contributed by atoms with Crippen LogP contribution in [0, 0.1) is 11.8 Å². The van der Waals surface area contributed by atoms with Crippen molar-refractivity contribution in [2.24, 2.45) is 11.8 Å². The summed E-state index contributed by atoms with van der Waals surface area (Å²) in [6, 6.07) is 5.16. The summed E-state index contributed by atoms with van der Waals surface area (Å²) in [6.07, 6.45) is 5.49. The van der Waals surface area contributed by atoms with Crippen molar-refractivity contribution in [3.63, 3.8) is 0 Å². The summed E-state index contributed by atoms with van der Waals surface area (Å²) in [4.78, 5) is 30.0. The molecule has 2 saturated heterocycles. The van der Waals surface area contributed by atoms with Crippen molar-refractivity contribution in [3.8, 4) is 11.5 Å². The zero-order valence-electron chi connectivity index (χ0n) is 17.1. The molecule has 0 saturated carbocycles. The number of ether oxygens (including phenoxy) is 3. The number of anilines is 1. The molecule has 29 heavy (non-hydrogen) atoms. The Labute approximate surface area is 171 Å². The van der Waals surface area contributed by atoms with E-state index >= 15 is 0 Å². The van der Waals surface area contributed by atoms with Gasteiger partial charge in [0.2, 0.25) is 11.8 Å². The van der Waals surface area contributed by atoms with Crippen LogP contribution in [-0.2, 0) is 14.3 Å². The van der Waals surface area contributed by atoms with E-state index in [0.29, 0.717) is 30.4 Å². The number of carbonyl (C=O) groups is 2. The molecule has 1 aromatic rings. The maximum atomic E-state index is 13.4. The summed E-state index contributed by atoms with van der Waals surface area (Å²) in [6.45, 7) is 3.09. The predicted octanol–water partition coefficient (Wildman–Crippen LogP) is 2.60. The average molecular weight is 400 g/mol. The normalized spacial score (nSPS) is 25.2. The first-order valence-electron chi connectivity index (χ1n) is 10.3. The van der Waals surface area contributed by atoms with Crippen LogP contribution in [0.2, 0.25) is 0 Å². The molecule has 1 aromatic carbocycles. The number of methoxy groups -OCH3 is 2. The first-order valence-corrected chi connectivity index (χ1v) is 10.3. The summed E-state index contributed by atoms with van der Waals surface area (Å²) in [5, 5.41) is 0. The summed E-state index contributed by atoms with van der Waals surface area (Å²) < 4.78 is 16.2. The van der Waals surface area contributed by atoms with Crippen molar-refractivity contribution in [2.75, 3.05) is 45.4 Å². The molecule has 3 aliphatic rings. The molecule has 4 rings (SSSR count). The van der Waals surface area contributed by atoms with Gasteiger partial charge in [-0.2, -0.15) is 0 Å². The molecule has 2 atom stereocenters. The maximum Gasteiger partial charge on any atom is 0.238 e. The van der Waals surface area contributed by atoms with Crippen molar-refractivity contribution < 1.29 is 23.8 Å². The second-order valence-corrected chi connectivity index (χ2v) is 7.68. The molecular formula is C22H28N2O5. The van der Waals surface area contributed by atoms with E-state index in [1.54, 1.807) is 25.3 Å². The number of benzene rings is 1. The minimum absolute atomic E-state index is 0.0764. The van der Waals surface area contributed by atoms with E-state index in [0.717, 1.165) is 32.4 Å². The van der Waals surface area contributed by atoms with Gasteiger partial charge in [-0.1, -0.05) is 6.08 Å². The molecule has 0 aromatic heterocycles. The van der Waals surface area contributed by atoms with Crippen molar-refractivity contribution in [1.82, 2.24) is 4.90 Å². The van der Waals surface area contributed by atoms with Crippen molar-refractivity contribution in [2.45, 2.75) is 25.7 Å². The Kier molecular flexibility index (Phi) is 5.76. The molecule has 7 nitrogen and oxygen atoms in total. The lowest BCUT2D eigenvalue weighted by Crippen LogP contribution is -2.41. The van der Waals surface area contributed by atoms with Crippen molar-refractivity contribution in [3.05, 3.63) is 30.0 Å². The Bertz CT molecular complexity index is 815. The fourth-order valence-corrected chi connectivity index (χ4v) is 4.67. The van der Waals surface area contributed by atoms with Gasteiger partial charge < -0.3 is 19.1 Å².